The van der Waals surface area contributed by atoms with Crippen LogP contribution in [0.3, 0.4) is 0 Å². The molecule has 8 aromatic rings. The van der Waals surface area contributed by atoms with Gasteiger partial charge in [0.1, 0.15) is 17.0 Å². The maximum Gasteiger partial charge on any atom is 0.137 e. The number of nitrogens with zero attached hydrogens (tertiary/aromatic N) is 1. The quantitative estimate of drug-likeness (QED) is 0.238. The van der Waals surface area contributed by atoms with Crippen LogP contribution in [-0.4, -0.2) is 10.4 Å². The van der Waals surface area contributed by atoms with Crippen molar-refractivity contribution in [2.75, 3.05) is 5.32 Å². The molecule has 0 saturated carbocycles. The van der Waals surface area contributed by atoms with E-state index < -0.39 is 0 Å². The zero-order valence-electron chi connectivity index (χ0n) is 21.5. The molecule has 0 amide bonds. The standard InChI is InChI=1S/C37H22N2O/c1-2-7-22-16-23(13-12-21(22)6-1)24-14-15-34-29(17-24)30-19-28-26-9-5-10-27-31-18-25-8-3-4-11-32(25)38-37(31)39(36(26)27)33(28)20-35(30)40-34/h1-20,32,38H. The lowest BCUT2D eigenvalue weighted by Crippen LogP contribution is -2.24. The Bertz CT molecular complexity index is 2460. The molecule has 1 aliphatic carbocycles. The molecule has 3 heteroatoms. The largest absolute Gasteiger partial charge is 0.456 e. The summed E-state index contributed by atoms with van der Waals surface area (Å²) in [5, 5.41) is 12.5. The first-order valence-electron chi connectivity index (χ1n) is 13.8. The first-order chi connectivity index (χ1) is 19.8. The molecule has 0 saturated heterocycles. The Labute approximate surface area is 229 Å². The second-order valence-corrected chi connectivity index (χ2v) is 11.1. The van der Waals surface area contributed by atoms with Crippen LogP contribution in [0.4, 0.5) is 5.82 Å². The molecule has 40 heavy (non-hydrogen) atoms. The maximum absolute atomic E-state index is 6.47. The number of furan rings is 1. The molecule has 186 valence electrons. The summed E-state index contributed by atoms with van der Waals surface area (Å²) in [6, 6.07) is 33.2. The highest BCUT2D eigenvalue weighted by Crippen LogP contribution is 2.45. The number of hydrogen-bond acceptors (Lipinski definition) is 2. The van der Waals surface area contributed by atoms with Crippen LogP contribution in [0.15, 0.2) is 125 Å². The Balaban J connectivity index is 1.23. The highest BCUT2D eigenvalue weighted by molar-refractivity contribution is 6.22. The lowest BCUT2D eigenvalue weighted by Gasteiger charge is -2.24. The van der Waals surface area contributed by atoms with E-state index >= 15 is 0 Å². The van der Waals surface area contributed by atoms with Crippen LogP contribution >= 0.6 is 0 Å². The number of nitrogens with one attached hydrogen (secondary N) is 1. The molecule has 3 aromatic heterocycles. The second-order valence-electron chi connectivity index (χ2n) is 11.1. The van der Waals surface area contributed by atoms with Gasteiger partial charge in [-0.15, -0.1) is 0 Å². The summed E-state index contributed by atoms with van der Waals surface area (Å²) in [6.45, 7) is 0. The highest BCUT2D eigenvalue weighted by Gasteiger charge is 2.27. The minimum absolute atomic E-state index is 0.189. The van der Waals surface area contributed by atoms with Crippen molar-refractivity contribution in [1.82, 2.24) is 4.40 Å². The van der Waals surface area contributed by atoms with Crippen LogP contribution < -0.4 is 5.32 Å². The van der Waals surface area contributed by atoms with Gasteiger partial charge in [0, 0.05) is 38.6 Å². The number of anilines is 1. The van der Waals surface area contributed by atoms with Crippen molar-refractivity contribution in [2.24, 2.45) is 0 Å². The van der Waals surface area contributed by atoms with Gasteiger partial charge >= 0.3 is 0 Å². The number of hydrogen-bond donors (Lipinski definition) is 1. The van der Waals surface area contributed by atoms with Gasteiger partial charge in [-0.2, -0.15) is 0 Å². The van der Waals surface area contributed by atoms with Gasteiger partial charge < -0.3 is 9.73 Å². The maximum atomic E-state index is 6.47. The lowest BCUT2D eigenvalue weighted by molar-refractivity contribution is 0.669. The zero-order valence-corrected chi connectivity index (χ0v) is 21.5. The van der Waals surface area contributed by atoms with Gasteiger partial charge in [0.15, 0.2) is 0 Å². The van der Waals surface area contributed by atoms with Crippen molar-refractivity contribution < 1.29 is 4.42 Å². The molecule has 0 radical (unpaired) electrons. The van der Waals surface area contributed by atoms with Crippen molar-refractivity contribution in [3.63, 3.8) is 0 Å². The van der Waals surface area contributed by atoms with Gasteiger partial charge in [-0.1, -0.05) is 85.0 Å². The van der Waals surface area contributed by atoms with Gasteiger partial charge in [-0.05, 0) is 57.8 Å². The Kier molecular flexibility index (Phi) is 3.73. The predicted octanol–water partition coefficient (Wildman–Crippen LogP) is 9.71. The third-order valence-corrected chi connectivity index (χ3v) is 8.90. The van der Waals surface area contributed by atoms with E-state index in [-0.39, 0.29) is 6.04 Å². The van der Waals surface area contributed by atoms with E-state index in [1.165, 1.54) is 60.2 Å². The summed E-state index contributed by atoms with van der Waals surface area (Å²) >= 11 is 0. The smallest absolute Gasteiger partial charge is 0.137 e. The molecule has 4 heterocycles. The molecule has 3 nitrogen and oxygen atoms in total. The molecular formula is C37H22N2O. The van der Waals surface area contributed by atoms with E-state index in [1.54, 1.807) is 0 Å². The highest BCUT2D eigenvalue weighted by atomic mass is 16.3. The molecule has 1 atom stereocenters. The Morgan fingerprint density at radius 3 is 2.48 bits per heavy atom. The van der Waals surface area contributed by atoms with Crippen LogP contribution in [0.1, 0.15) is 5.56 Å². The van der Waals surface area contributed by atoms with Crippen LogP contribution in [0.2, 0.25) is 0 Å². The molecule has 5 aromatic carbocycles. The summed E-state index contributed by atoms with van der Waals surface area (Å²) in [4.78, 5) is 0. The first-order valence-corrected chi connectivity index (χ1v) is 13.8. The number of aromatic nitrogens is 1. The van der Waals surface area contributed by atoms with Crippen LogP contribution in [0.25, 0.3) is 77.1 Å². The van der Waals surface area contributed by atoms with Crippen molar-refractivity contribution in [3.8, 4) is 11.1 Å². The summed E-state index contributed by atoms with van der Waals surface area (Å²) in [6.07, 6.45) is 11.0. The van der Waals surface area contributed by atoms with Crippen molar-refractivity contribution >= 4 is 71.8 Å². The fraction of sp³-hybridized carbons (Fsp3) is 0.0270. The average molecular weight is 511 g/mol. The zero-order chi connectivity index (χ0) is 25.9. The molecule has 0 fully saturated rings. The molecule has 0 bridgehead atoms. The number of rotatable bonds is 1. The van der Waals surface area contributed by atoms with E-state index in [0.717, 1.165) is 27.8 Å². The van der Waals surface area contributed by atoms with Crippen LogP contribution in [0, 0.1) is 0 Å². The van der Waals surface area contributed by atoms with E-state index in [2.05, 4.69) is 131 Å². The Hall–Kier alpha value is -5.28. The normalized spacial score (nSPS) is 16.4. The molecule has 1 unspecified atom stereocenters. The summed E-state index contributed by atoms with van der Waals surface area (Å²) in [5.74, 6) is 1.16. The Morgan fingerprint density at radius 2 is 1.50 bits per heavy atom. The minimum atomic E-state index is 0.189. The van der Waals surface area contributed by atoms with Crippen LogP contribution in [-0.2, 0) is 0 Å². The third kappa shape index (κ3) is 2.59. The summed E-state index contributed by atoms with van der Waals surface area (Å²) in [5.41, 5.74) is 9.26. The van der Waals surface area contributed by atoms with Crippen LogP contribution in [0.5, 0.6) is 0 Å². The van der Waals surface area contributed by atoms with E-state index in [1.807, 2.05) is 0 Å². The number of benzene rings is 5. The molecule has 1 N–H and O–H groups in total. The summed E-state index contributed by atoms with van der Waals surface area (Å²) in [7, 11) is 0. The van der Waals surface area contributed by atoms with Crippen molar-refractivity contribution in [2.45, 2.75) is 6.04 Å². The molecule has 2 aliphatic rings. The average Bonchev–Trinajstić information content (AvgIpc) is 3.64. The fourth-order valence-corrected chi connectivity index (χ4v) is 7.01. The molecular weight excluding hydrogens is 488 g/mol. The number of allylic oxidation sites excluding steroid dienone is 2. The molecule has 0 spiro atoms. The minimum Gasteiger partial charge on any atom is -0.456 e. The molecule has 10 rings (SSSR count). The monoisotopic (exact) mass is 510 g/mol. The topological polar surface area (TPSA) is 29.6 Å². The van der Waals surface area contributed by atoms with Crippen molar-refractivity contribution in [1.29, 1.82) is 0 Å². The Morgan fingerprint density at radius 1 is 0.650 bits per heavy atom. The predicted molar refractivity (Wildman–Crippen MR) is 167 cm³/mol. The SMILES string of the molecule is C1=CC2=Cc3c(n4c5cc6oc7ccc(-c8ccc9ccccc9c8)cc7c6cc5c5cccc3c54)NC2C=C1. The molecule has 1 aliphatic heterocycles. The van der Waals surface area contributed by atoms with E-state index in [0.29, 0.717) is 0 Å². The lowest BCUT2D eigenvalue weighted by atomic mass is 9.95. The first kappa shape index (κ1) is 20.7. The van der Waals surface area contributed by atoms with E-state index in [9.17, 15) is 0 Å². The van der Waals surface area contributed by atoms with Crippen molar-refractivity contribution in [3.05, 3.63) is 126 Å². The van der Waals surface area contributed by atoms with Gasteiger partial charge in [0.25, 0.3) is 0 Å². The summed E-state index contributed by atoms with van der Waals surface area (Å²) < 4.78 is 8.88. The number of para-hydroxylation sites is 1. The third-order valence-electron chi connectivity index (χ3n) is 8.90. The van der Waals surface area contributed by atoms with E-state index in [4.69, 9.17) is 4.42 Å². The fourth-order valence-electron chi connectivity index (χ4n) is 7.01. The van der Waals surface area contributed by atoms with Gasteiger partial charge in [0.05, 0.1) is 17.1 Å². The second kappa shape index (κ2) is 7.22. The number of fused-ring (bicyclic) bond motifs is 11. The van der Waals surface area contributed by atoms with Gasteiger partial charge in [-0.3, -0.25) is 4.40 Å². The van der Waals surface area contributed by atoms with Gasteiger partial charge in [0.2, 0.25) is 0 Å². The van der Waals surface area contributed by atoms with Gasteiger partial charge in [-0.25, -0.2) is 0 Å².